The molecule has 0 aliphatic carbocycles. The lowest BCUT2D eigenvalue weighted by Gasteiger charge is -2.25. The Morgan fingerprint density at radius 1 is 0.792 bits per heavy atom. The summed E-state index contributed by atoms with van der Waals surface area (Å²) in [6.45, 7) is 17.0. The molecule has 0 atom stereocenters. The van der Waals surface area contributed by atoms with Crippen LogP contribution < -0.4 is 10.4 Å². The van der Waals surface area contributed by atoms with Crippen molar-refractivity contribution in [3.05, 3.63) is 63.2 Å². The van der Waals surface area contributed by atoms with Crippen molar-refractivity contribution in [1.82, 2.24) is 0 Å². The van der Waals surface area contributed by atoms with E-state index < -0.39 is 0 Å². The van der Waals surface area contributed by atoms with Crippen LogP contribution in [0.3, 0.4) is 0 Å². The summed E-state index contributed by atoms with van der Waals surface area (Å²) in [5.41, 5.74) is 8.27. The molecule has 0 saturated carbocycles. The molecular formula is C22H28OP-. The number of benzene rings is 2. The Kier molecular flexibility index (Phi) is 5.37. The predicted molar refractivity (Wildman–Crippen MR) is 106 cm³/mol. The largest absolute Gasteiger partial charge is 0.823 e. The minimum Gasteiger partial charge on any atom is -0.823 e. The normalized spacial score (nSPS) is 12.6. The standard InChI is InChI=1S/C22H29OP/c1-13-9-16(4)20(17(5)10-13)24-21(23)19-14(2)11-18(12-15(19)3)22(6,7)8/h9-12,23H,1-8H3/p-1. The lowest BCUT2D eigenvalue weighted by molar-refractivity contribution is -0.207. The van der Waals surface area contributed by atoms with Crippen molar-refractivity contribution in [2.24, 2.45) is 0 Å². The van der Waals surface area contributed by atoms with Crippen LogP contribution in [0.15, 0.2) is 24.3 Å². The molecule has 128 valence electrons. The van der Waals surface area contributed by atoms with Gasteiger partial charge in [0.2, 0.25) is 0 Å². The third-order valence-electron chi connectivity index (χ3n) is 4.46. The molecule has 0 bridgehead atoms. The monoisotopic (exact) mass is 339 g/mol. The van der Waals surface area contributed by atoms with Crippen LogP contribution in [0.1, 0.15) is 59.7 Å². The first-order chi connectivity index (χ1) is 11.0. The van der Waals surface area contributed by atoms with Crippen molar-refractivity contribution in [3.8, 4) is 0 Å². The fourth-order valence-electron chi connectivity index (χ4n) is 3.24. The molecule has 2 heteroatoms. The summed E-state index contributed by atoms with van der Waals surface area (Å²) in [5, 5.41) is 14.1. The molecule has 2 aromatic rings. The summed E-state index contributed by atoms with van der Waals surface area (Å²) in [4.78, 5) is 0. The van der Waals surface area contributed by atoms with Gasteiger partial charge < -0.3 is 5.11 Å². The molecule has 0 unspecified atom stereocenters. The van der Waals surface area contributed by atoms with Crippen LogP contribution in [0.4, 0.5) is 0 Å². The Bertz CT molecular complexity index is 761. The zero-order valence-corrected chi connectivity index (χ0v) is 17.1. The van der Waals surface area contributed by atoms with E-state index in [0.717, 1.165) is 30.2 Å². The van der Waals surface area contributed by atoms with Gasteiger partial charge in [-0.15, -0.1) is 5.48 Å². The molecule has 0 spiro atoms. The van der Waals surface area contributed by atoms with Gasteiger partial charge in [0, 0.05) is 5.30 Å². The summed E-state index contributed by atoms with van der Waals surface area (Å²) >= 11 is 0. The molecule has 0 aliphatic heterocycles. The fourth-order valence-corrected chi connectivity index (χ4v) is 4.39. The maximum atomic E-state index is 13.0. The molecule has 0 N–H and O–H groups in total. The highest BCUT2D eigenvalue weighted by Crippen LogP contribution is 2.27. The number of aryl methyl sites for hydroxylation is 5. The molecule has 0 amide bonds. The molecule has 0 aromatic heterocycles. The van der Waals surface area contributed by atoms with Gasteiger partial charge in [-0.2, -0.15) is 0 Å². The molecule has 2 rings (SSSR count). The highest BCUT2D eigenvalue weighted by Gasteiger charge is 2.16. The average Bonchev–Trinajstić information content (AvgIpc) is 2.40. The van der Waals surface area contributed by atoms with Crippen molar-refractivity contribution in [2.45, 2.75) is 60.8 Å². The van der Waals surface area contributed by atoms with Gasteiger partial charge in [-0.05, 0) is 73.4 Å². The van der Waals surface area contributed by atoms with E-state index in [0.29, 0.717) is 0 Å². The van der Waals surface area contributed by atoms with Gasteiger partial charge in [-0.25, -0.2) is 0 Å². The van der Waals surface area contributed by atoms with Gasteiger partial charge in [0.25, 0.3) is 0 Å². The van der Waals surface area contributed by atoms with Gasteiger partial charge in [0.1, 0.15) is 0 Å². The van der Waals surface area contributed by atoms with Crippen molar-refractivity contribution < 1.29 is 5.11 Å². The van der Waals surface area contributed by atoms with Gasteiger partial charge in [-0.1, -0.05) is 58.8 Å². The number of hydrogen-bond acceptors (Lipinski definition) is 1. The van der Waals surface area contributed by atoms with E-state index in [4.69, 9.17) is 0 Å². The van der Waals surface area contributed by atoms with Crippen molar-refractivity contribution in [3.63, 3.8) is 0 Å². The molecule has 0 heterocycles. The van der Waals surface area contributed by atoms with Crippen LogP contribution in [0.5, 0.6) is 0 Å². The Balaban J connectivity index is 2.57. The van der Waals surface area contributed by atoms with Gasteiger partial charge in [-0.3, -0.25) is 0 Å². The Hall–Kier alpha value is -1.43. The molecule has 1 nitrogen and oxygen atoms in total. The first-order valence-electron chi connectivity index (χ1n) is 8.46. The molecule has 0 radical (unpaired) electrons. The van der Waals surface area contributed by atoms with Gasteiger partial charge >= 0.3 is 0 Å². The van der Waals surface area contributed by atoms with E-state index in [1.54, 1.807) is 0 Å². The van der Waals surface area contributed by atoms with Crippen LogP contribution >= 0.6 is 8.20 Å². The van der Waals surface area contributed by atoms with Crippen LogP contribution in [0, 0.1) is 34.6 Å². The first-order valence-corrected chi connectivity index (χ1v) is 9.36. The predicted octanol–water partition coefficient (Wildman–Crippen LogP) is 4.64. The topological polar surface area (TPSA) is 23.1 Å². The second kappa shape index (κ2) is 6.82. The lowest BCUT2D eigenvalue weighted by atomic mass is 9.84. The smallest absolute Gasteiger partial charge is 0.00668 e. The Labute approximate surface area is 148 Å². The van der Waals surface area contributed by atoms with E-state index >= 15 is 0 Å². The summed E-state index contributed by atoms with van der Waals surface area (Å²) < 4.78 is 0. The van der Waals surface area contributed by atoms with E-state index in [2.05, 4.69) is 79.7 Å². The third-order valence-corrected chi connectivity index (χ3v) is 5.82. The Morgan fingerprint density at radius 3 is 1.67 bits per heavy atom. The zero-order valence-electron chi connectivity index (χ0n) is 16.2. The third kappa shape index (κ3) is 3.97. The highest BCUT2D eigenvalue weighted by atomic mass is 31.1. The molecule has 2 aromatic carbocycles. The average molecular weight is 339 g/mol. The molecular weight excluding hydrogens is 311 g/mol. The summed E-state index contributed by atoms with van der Waals surface area (Å²) in [6, 6.07) is 8.66. The Morgan fingerprint density at radius 2 is 1.25 bits per heavy atom. The van der Waals surface area contributed by atoms with Crippen LogP contribution in [0.25, 0.3) is 0 Å². The van der Waals surface area contributed by atoms with E-state index in [-0.39, 0.29) is 10.9 Å². The molecule has 0 fully saturated rings. The van der Waals surface area contributed by atoms with Gasteiger partial charge in [0.05, 0.1) is 0 Å². The molecule has 24 heavy (non-hydrogen) atoms. The van der Waals surface area contributed by atoms with Crippen LogP contribution in [-0.2, 0) is 5.41 Å². The maximum absolute atomic E-state index is 13.0. The second-order valence-corrected chi connectivity index (χ2v) is 8.98. The SMILES string of the molecule is Cc1cc(C)c(P=C([O-])c2c(C)cc(C(C)(C)C)cc2C)c(C)c1. The minimum atomic E-state index is 0.0962. The van der Waals surface area contributed by atoms with E-state index in [9.17, 15) is 5.11 Å². The molecule has 0 saturated heterocycles. The van der Waals surface area contributed by atoms with E-state index in [1.165, 1.54) is 22.3 Å². The zero-order chi connectivity index (χ0) is 18.2. The van der Waals surface area contributed by atoms with Crippen molar-refractivity contribution in [2.75, 3.05) is 0 Å². The van der Waals surface area contributed by atoms with Crippen LogP contribution in [0.2, 0.25) is 0 Å². The lowest BCUT2D eigenvalue weighted by Crippen LogP contribution is -2.22. The number of rotatable bonds is 2. The second-order valence-electron chi connectivity index (χ2n) is 7.90. The van der Waals surface area contributed by atoms with Crippen molar-refractivity contribution >= 4 is 19.0 Å². The van der Waals surface area contributed by atoms with Gasteiger partial charge in [0.15, 0.2) is 0 Å². The highest BCUT2D eigenvalue weighted by molar-refractivity contribution is 7.49. The summed E-state index contributed by atoms with van der Waals surface area (Å²) in [7, 11) is 0.774. The minimum absolute atomic E-state index is 0.0962. The summed E-state index contributed by atoms with van der Waals surface area (Å²) in [5.74, 6) is 0. The molecule has 0 aliphatic rings. The van der Waals surface area contributed by atoms with E-state index in [1.807, 2.05) is 0 Å². The van der Waals surface area contributed by atoms with Crippen LogP contribution in [-0.4, -0.2) is 5.48 Å². The maximum Gasteiger partial charge on any atom is 0.00668 e. The summed E-state index contributed by atoms with van der Waals surface area (Å²) in [6.07, 6.45) is 0. The van der Waals surface area contributed by atoms with Crippen molar-refractivity contribution in [1.29, 1.82) is 0 Å². The number of hydrogen-bond donors (Lipinski definition) is 0. The quantitative estimate of drug-likeness (QED) is 0.731. The fraction of sp³-hybridized carbons (Fsp3) is 0.409. The first kappa shape index (κ1) is 18.9.